The average molecular weight is 252 g/mol. The molecule has 1 aromatic rings. The zero-order chi connectivity index (χ0) is 13.4. The molecule has 1 atom stereocenters. The van der Waals surface area contributed by atoms with Crippen molar-refractivity contribution in [3.63, 3.8) is 0 Å². The zero-order valence-corrected chi connectivity index (χ0v) is 10.1. The Morgan fingerprint density at radius 2 is 2.17 bits per heavy atom. The van der Waals surface area contributed by atoms with Crippen LogP contribution in [0.15, 0.2) is 30.3 Å². The van der Waals surface area contributed by atoms with Gasteiger partial charge in [0.05, 0.1) is 13.2 Å². The summed E-state index contributed by atoms with van der Waals surface area (Å²) >= 11 is 0. The summed E-state index contributed by atoms with van der Waals surface area (Å²) in [5.74, 6) is 0. The molecule has 0 aliphatic carbocycles. The second-order valence-corrected chi connectivity index (χ2v) is 3.70. The molecule has 0 radical (unpaired) electrons. The zero-order valence-electron chi connectivity index (χ0n) is 10.1. The molecule has 0 saturated heterocycles. The Hall–Kier alpha value is -2.08. The Labute approximate surface area is 105 Å². The molecule has 0 unspecified atom stereocenters. The van der Waals surface area contributed by atoms with Crippen molar-refractivity contribution in [1.82, 2.24) is 10.4 Å². The molecule has 98 valence electrons. The number of hydrogen-bond donors (Lipinski definition) is 2. The maximum Gasteiger partial charge on any atom is 0.406 e. The lowest BCUT2D eigenvalue weighted by Crippen LogP contribution is -2.43. The van der Waals surface area contributed by atoms with Crippen molar-refractivity contribution in [2.24, 2.45) is 0 Å². The minimum absolute atomic E-state index is 0.108. The van der Waals surface area contributed by atoms with Gasteiger partial charge in [-0.15, -0.1) is 0 Å². The monoisotopic (exact) mass is 252 g/mol. The van der Waals surface area contributed by atoms with Gasteiger partial charge in [-0.25, -0.2) is 9.86 Å². The van der Waals surface area contributed by atoms with Gasteiger partial charge in [-0.1, -0.05) is 30.3 Å². The number of ether oxygens (including phenoxy) is 1. The van der Waals surface area contributed by atoms with Crippen LogP contribution in [0, 0.1) is 0 Å². The van der Waals surface area contributed by atoms with Gasteiger partial charge in [0.2, 0.25) is 6.41 Å². The van der Waals surface area contributed by atoms with Gasteiger partial charge in [0.15, 0.2) is 0 Å². The van der Waals surface area contributed by atoms with E-state index in [0.717, 1.165) is 5.56 Å². The number of benzene rings is 1. The van der Waals surface area contributed by atoms with Crippen molar-refractivity contribution >= 4 is 12.5 Å². The lowest BCUT2D eigenvalue weighted by Gasteiger charge is -2.22. The second kappa shape index (κ2) is 7.29. The molecule has 2 N–H and O–H groups in total. The van der Waals surface area contributed by atoms with Crippen LogP contribution >= 0.6 is 0 Å². The summed E-state index contributed by atoms with van der Waals surface area (Å²) in [5.41, 5.74) is 0.954. The SMILES string of the molecule is COC(=O)NC[C@@H](Cc1ccccc1)N(O)C=O. The fraction of sp³-hybridized carbons (Fsp3) is 0.333. The summed E-state index contributed by atoms with van der Waals surface area (Å²) in [6.45, 7) is 0.108. The van der Waals surface area contributed by atoms with Gasteiger partial charge in [-0.3, -0.25) is 10.0 Å². The first-order valence-corrected chi connectivity index (χ1v) is 5.45. The van der Waals surface area contributed by atoms with Crippen molar-refractivity contribution in [2.45, 2.75) is 12.5 Å². The first-order chi connectivity index (χ1) is 8.67. The Morgan fingerprint density at radius 1 is 1.50 bits per heavy atom. The molecule has 0 aliphatic rings. The van der Waals surface area contributed by atoms with Crippen molar-refractivity contribution < 1.29 is 19.5 Å². The molecule has 6 nitrogen and oxygen atoms in total. The molecule has 0 spiro atoms. The van der Waals surface area contributed by atoms with E-state index in [1.54, 1.807) is 0 Å². The average Bonchev–Trinajstić information content (AvgIpc) is 2.43. The highest BCUT2D eigenvalue weighted by Crippen LogP contribution is 2.06. The molecule has 0 saturated carbocycles. The molecule has 0 fully saturated rings. The maximum atomic E-state index is 11.0. The Morgan fingerprint density at radius 3 is 2.72 bits per heavy atom. The Bertz CT molecular complexity index is 383. The van der Waals surface area contributed by atoms with Crippen molar-refractivity contribution in [2.75, 3.05) is 13.7 Å². The molecule has 0 bridgehead atoms. The van der Waals surface area contributed by atoms with Crippen LogP contribution in [0.5, 0.6) is 0 Å². The molecular weight excluding hydrogens is 236 g/mol. The van der Waals surface area contributed by atoms with Crippen LogP contribution in [0.3, 0.4) is 0 Å². The van der Waals surface area contributed by atoms with E-state index in [4.69, 9.17) is 0 Å². The van der Waals surface area contributed by atoms with E-state index in [9.17, 15) is 14.8 Å². The summed E-state index contributed by atoms with van der Waals surface area (Å²) in [7, 11) is 1.25. The topological polar surface area (TPSA) is 78.9 Å². The summed E-state index contributed by atoms with van der Waals surface area (Å²) < 4.78 is 4.43. The smallest absolute Gasteiger partial charge is 0.406 e. The van der Waals surface area contributed by atoms with Gasteiger partial charge in [0.25, 0.3) is 0 Å². The molecule has 1 aromatic carbocycles. The minimum atomic E-state index is -0.604. The predicted molar refractivity (Wildman–Crippen MR) is 64.0 cm³/mol. The highest BCUT2D eigenvalue weighted by Gasteiger charge is 2.17. The molecule has 6 heteroatoms. The van der Waals surface area contributed by atoms with Crippen LogP contribution in [0.4, 0.5) is 4.79 Å². The van der Waals surface area contributed by atoms with Crippen LogP contribution in [0.1, 0.15) is 5.56 Å². The number of hydrogen-bond acceptors (Lipinski definition) is 4. The van der Waals surface area contributed by atoms with Gasteiger partial charge in [0.1, 0.15) is 0 Å². The van der Waals surface area contributed by atoms with E-state index in [-0.39, 0.29) is 6.54 Å². The summed E-state index contributed by atoms with van der Waals surface area (Å²) in [6.07, 6.45) is 0.138. The number of nitrogens with one attached hydrogen (secondary N) is 1. The van der Waals surface area contributed by atoms with E-state index in [0.29, 0.717) is 17.9 Å². The van der Waals surface area contributed by atoms with E-state index in [1.807, 2.05) is 30.3 Å². The van der Waals surface area contributed by atoms with Crippen LogP contribution < -0.4 is 5.32 Å². The first kappa shape index (κ1) is 14.0. The molecule has 18 heavy (non-hydrogen) atoms. The number of nitrogens with zero attached hydrogens (tertiary/aromatic N) is 1. The molecule has 2 amide bonds. The summed E-state index contributed by atoms with van der Waals surface area (Å²) in [5, 5.41) is 12.4. The van der Waals surface area contributed by atoms with Crippen molar-refractivity contribution in [3.05, 3.63) is 35.9 Å². The number of carbonyl (C=O) groups is 2. The van der Waals surface area contributed by atoms with Crippen molar-refractivity contribution in [3.8, 4) is 0 Å². The third-order valence-electron chi connectivity index (χ3n) is 2.46. The summed E-state index contributed by atoms with van der Waals surface area (Å²) in [6, 6.07) is 8.82. The lowest BCUT2D eigenvalue weighted by molar-refractivity contribution is -0.159. The third-order valence-corrected chi connectivity index (χ3v) is 2.46. The maximum absolute atomic E-state index is 11.0. The highest BCUT2D eigenvalue weighted by molar-refractivity contribution is 5.66. The van der Waals surface area contributed by atoms with Crippen LogP contribution in [0.25, 0.3) is 0 Å². The largest absolute Gasteiger partial charge is 0.453 e. The molecule has 0 heterocycles. The van der Waals surface area contributed by atoms with Crippen LogP contribution in [-0.4, -0.2) is 42.5 Å². The van der Waals surface area contributed by atoms with Gasteiger partial charge in [-0.05, 0) is 12.0 Å². The van der Waals surface area contributed by atoms with Gasteiger partial charge >= 0.3 is 6.09 Å². The van der Waals surface area contributed by atoms with E-state index in [2.05, 4.69) is 10.1 Å². The molecule has 1 rings (SSSR count). The van der Waals surface area contributed by atoms with Gasteiger partial charge in [-0.2, -0.15) is 0 Å². The number of methoxy groups -OCH3 is 1. The van der Waals surface area contributed by atoms with E-state index in [1.165, 1.54) is 7.11 Å². The standard InChI is InChI=1S/C12H16N2O4/c1-18-12(16)13-8-11(14(17)9-15)7-10-5-3-2-4-6-10/h2-6,9,11,17H,7-8H2,1H3,(H,13,16)/t11-/m1/s1. The molecule has 0 aromatic heterocycles. The number of hydroxylamine groups is 2. The molecular formula is C12H16N2O4. The number of alkyl carbamates (subject to hydrolysis) is 1. The quantitative estimate of drug-likeness (QED) is 0.446. The van der Waals surface area contributed by atoms with Crippen LogP contribution in [0.2, 0.25) is 0 Å². The third kappa shape index (κ3) is 4.42. The normalized spacial score (nSPS) is 11.4. The lowest BCUT2D eigenvalue weighted by atomic mass is 10.1. The van der Waals surface area contributed by atoms with Crippen molar-refractivity contribution in [1.29, 1.82) is 0 Å². The Kier molecular flexibility index (Phi) is 5.66. The number of rotatable bonds is 6. The molecule has 0 aliphatic heterocycles. The van der Waals surface area contributed by atoms with Gasteiger partial charge < -0.3 is 10.1 Å². The van der Waals surface area contributed by atoms with E-state index >= 15 is 0 Å². The fourth-order valence-electron chi connectivity index (χ4n) is 1.50. The minimum Gasteiger partial charge on any atom is -0.453 e. The first-order valence-electron chi connectivity index (χ1n) is 5.45. The van der Waals surface area contributed by atoms with Gasteiger partial charge in [0, 0.05) is 6.54 Å². The predicted octanol–water partition coefficient (Wildman–Crippen LogP) is 0.801. The number of amides is 2. The summed E-state index contributed by atoms with van der Waals surface area (Å²) in [4.78, 5) is 21.5. The van der Waals surface area contributed by atoms with Crippen LogP contribution in [-0.2, 0) is 16.0 Å². The fourth-order valence-corrected chi connectivity index (χ4v) is 1.50. The second-order valence-electron chi connectivity index (χ2n) is 3.70. The Balaban J connectivity index is 2.61. The van der Waals surface area contributed by atoms with E-state index < -0.39 is 12.1 Å². The number of carbonyl (C=O) groups excluding carboxylic acids is 2. The highest BCUT2D eigenvalue weighted by atomic mass is 16.5.